The lowest BCUT2D eigenvalue weighted by Crippen LogP contribution is -2.34. The van der Waals surface area contributed by atoms with Crippen molar-refractivity contribution in [1.29, 1.82) is 0 Å². The molecular formula is C10H20N2O4. The molecule has 0 spiro atoms. The number of rotatable bonds is 3. The van der Waals surface area contributed by atoms with E-state index in [1.54, 1.807) is 13.8 Å². The lowest BCUT2D eigenvalue weighted by atomic mass is 10.1. The van der Waals surface area contributed by atoms with E-state index in [-0.39, 0.29) is 12.0 Å². The summed E-state index contributed by atoms with van der Waals surface area (Å²) >= 11 is 0. The lowest BCUT2D eigenvalue weighted by Gasteiger charge is -2.07. The summed E-state index contributed by atoms with van der Waals surface area (Å²) in [7, 11) is 0. The summed E-state index contributed by atoms with van der Waals surface area (Å²) in [5.41, 5.74) is 5.16. The molecule has 0 bridgehead atoms. The van der Waals surface area contributed by atoms with Gasteiger partial charge in [0, 0.05) is 0 Å². The largest absolute Gasteiger partial charge is 0.480 e. The van der Waals surface area contributed by atoms with Crippen LogP contribution < -0.4 is 11.1 Å². The van der Waals surface area contributed by atoms with Crippen LogP contribution in [-0.2, 0) is 9.59 Å². The van der Waals surface area contributed by atoms with E-state index in [1.807, 2.05) is 0 Å². The molecule has 1 aliphatic rings. The first-order valence-electron chi connectivity index (χ1n) is 5.30. The van der Waals surface area contributed by atoms with Gasteiger partial charge in [-0.1, -0.05) is 13.8 Å². The highest BCUT2D eigenvalue weighted by molar-refractivity contribution is 5.73. The summed E-state index contributed by atoms with van der Waals surface area (Å²) in [6.45, 7) is 4.41. The number of hydrogen-bond donors (Lipinski definition) is 4. The van der Waals surface area contributed by atoms with Gasteiger partial charge >= 0.3 is 11.9 Å². The van der Waals surface area contributed by atoms with Crippen LogP contribution in [0.5, 0.6) is 0 Å². The van der Waals surface area contributed by atoms with Crippen LogP contribution in [0.15, 0.2) is 0 Å². The zero-order valence-electron chi connectivity index (χ0n) is 9.64. The van der Waals surface area contributed by atoms with E-state index in [4.69, 9.17) is 15.9 Å². The number of carboxylic acid groups (broad SMARTS) is 2. The van der Waals surface area contributed by atoms with Crippen molar-refractivity contribution >= 4 is 11.9 Å². The minimum Gasteiger partial charge on any atom is -0.480 e. The molecule has 16 heavy (non-hydrogen) atoms. The average molecular weight is 232 g/mol. The van der Waals surface area contributed by atoms with Crippen molar-refractivity contribution in [3.8, 4) is 0 Å². The van der Waals surface area contributed by atoms with Crippen LogP contribution in [-0.4, -0.2) is 40.8 Å². The Morgan fingerprint density at radius 1 is 1.38 bits per heavy atom. The van der Waals surface area contributed by atoms with Crippen molar-refractivity contribution in [2.45, 2.75) is 38.8 Å². The monoisotopic (exact) mass is 232 g/mol. The highest BCUT2D eigenvalue weighted by Gasteiger charge is 2.20. The van der Waals surface area contributed by atoms with Gasteiger partial charge in [0.05, 0.1) is 0 Å². The third-order valence-electron chi connectivity index (χ3n) is 2.36. The summed E-state index contributed by atoms with van der Waals surface area (Å²) in [4.78, 5) is 20.2. The summed E-state index contributed by atoms with van der Waals surface area (Å²) in [5.74, 6) is -1.63. The highest BCUT2D eigenvalue weighted by atomic mass is 16.4. The fraction of sp³-hybridized carbons (Fsp3) is 0.800. The van der Waals surface area contributed by atoms with Crippen LogP contribution in [0.25, 0.3) is 0 Å². The molecule has 94 valence electrons. The van der Waals surface area contributed by atoms with Gasteiger partial charge in [-0.05, 0) is 25.3 Å². The fourth-order valence-electron chi connectivity index (χ4n) is 1.18. The Bertz CT molecular complexity index is 225. The lowest BCUT2D eigenvalue weighted by molar-refractivity contribution is -0.140. The molecule has 0 aliphatic carbocycles. The van der Waals surface area contributed by atoms with E-state index < -0.39 is 18.0 Å². The van der Waals surface area contributed by atoms with E-state index >= 15 is 0 Å². The zero-order valence-corrected chi connectivity index (χ0v) is 9.64. The highest BCUT2D eigenvalue weighted by Crippen LogP contribution is 2.03. The molecule has 1 fully saturated rings. The van der Waals surface area contributed by atoms with Crippen molar-refractivity contribution in [2.24, 2.45) is 11.7 Å². The standard InChI is InChI=1S/C5H9NO2.C5H11NO2/c7-5(8)4-2-1-3-6-4;1-3(2)4(6)5(7)8/h4,6H,1-3H2,(H,7,8);3-4H,6H2,1-2H3,(H,7,8)/t2*4-/m11/s1. The quantitative estimate of drug-likeness (QED) is 0.539. The molecule has 0 aromatic rings. The second-order valence-corrected chi connectivity index (χ2v) is 4.10. The van der Waals surface area contributed by atoms with E-state index in [0.717, 1.165) is 19.4 Å². The average Bonchev–Trinajstić information content (AvgIpc) is 2.70. The minimum atomic E-state index is -0.931. The Balaban J connectivity index is 0.000000281. The minimum absolute atomic E-state index is 0.0208. The third kappa shape index (κ3) is 5.67. The van der Waals surface area contributed by atoms with Gasteiger partial charge in [0.25, 0.3) is 0 Å². The van der Waals surface area contributed by atoms with Crippen molar-refractivity contribution in [1.82, 2.24) is 5.32 Å². The SMILES string of the molecule is CC(C)[C@@H](N)C(=O)O.O=C(O)[C@H]1CCCN1. The smallest absolute Gasteiger partial charge is 0.320 e. The summed E-state index contributed by atoms with van der Waals surface area (Å²) < 4.78 is 0. The second-order valence-electron chi connectivity index (χ2n) is 4.10. The molecule has 6 heteroatoms. The second kappa shape index (κ2) is 7.19. The summed E-state index contributed by atoms with van der Waals surface area (Å²) in [6, 6.07) is -0.981. The van der Waals surface area contributed by atoms with Gasteiger partial charge in [-0.3, -0.25) is 9.59 Å². The Kier molecular flexibility index (Phi) is 6.67. The van der Waals surface area contributed by atoms with E-state index in [1.165, 1.54) is 0 Å². The molecule has 0 amide bonds. The maximum Gasteiger partial charge on any atom is 0.320 e. The van der Waals surface area contributed by atoms with Crippen molar-refractivity contribution in [3.63, 3.8) is 0 Å². The van der Waals surface area contributed by atoms with Gasteiger partial charge in [-0.2, -0.15) is 0 Å². The van der Waals surface area contributed by atoms with Gasteiger partial charge in [0.2, 0.25) is 0 Å². The molecule has 1 heterocycles. The molecule has 0 aromatic heterocycles. The number of aliphatic carboxylic acids is 2. The van der Waals surface area contributed by atoms with Crippen LogP contribution in [0, 0.1) is 5.92 Å². The van der Waals surface area contributed by atoms with Crippen LogP contribution >= 0.6 is 0 Å². The molecule has 1 aliphatic heterocycles. The normalized spacial score (nSPS) is 21.1. The van der Waals surface area contributed by atoms with Crippen molar-refractivity contribution < 1.29 is 19.8 Å². The van der Waals surface area contributed by atoms with Crippen molar-refractivity contribution in [3.05, 3.63) is 0 Å². The number of hydrogen-bond acceptors (Lipinski definition) is 4. The predicted octanol–water partition coefficient (Wildman–Crippen LogP) is -0.123. The van der Waals surface area contributed by atoms with Gasteiger partial charge in [0.1, 0.15) is 12.1 Å². The third-order valence-corrected chi connectivity index (χ3v) is 2.36. The number of nitrogens with one attached hydrogen (secondary N) is 1. The zero-order chi connectivity index (χ0) is 12.7. The molecule has 6 nitrogen and oxygen atoms in total. The van der Waals surface area contributed by atoms with Crippen LogP contribution in [0.3, 0.4) is 0 Å². The van der Waals surface area contributed by atoms with E-state index in [2.05, 4.69) is 5.32 Å². The number of carbonyl (C=O) groups is 2. The summed E-state index contributed by atoms with van der Waals surface area (Å²) in [6.07, 6.45) is 1.78. The molecular weight excluding hydrogens is 212 g/mol. The Hall–Kier alpha value is -1.14. The summed E-state index contributed by atoms with van der Waals surface area (Å²) in [5, 5.41) is 19.4. The maximum atomic E-state index is 10.1. The number of nitrogens with two attached hydrogens (primary N) is 1. The molecule has 5 N–H and O–H groups in total. The van der Waals surface area contributed by atoms with E-state index in [9.17, 15) is 9.59 Å². The predicted molar refractivity (Wildman–Crippen MR) is 59.1 cm³/mol. The van der Waals surface area contributed by atoms with Crippen LogP contribution in [0.2, 0.25) is 0 Å². The van der Waals surface area contributed by atoms with Gasteiger partial charge < -0.3 is 21.3 Å². The molecule has 0 unspecified atom stereocenters. The first-order valence-corrected chi connectivity index (χ1v) is 5.30. The van der Waals surface area contributed by atoms with Crippen LogP contribution in [0.4, 0.5) is 0 Å². The Morgan fingerprint density at radius 3 is 2.06 bits per heavy atom. The van der Waals surface area contributed by atoms with Gasteiger partial charge in [-0.25, -0.2) is 0 Å². The molecule has 0 aromatic carbocycles. The number of carboxylic acids is 2. The molecule has 1 rings (SSSR count). The molecule has 0 saturated carbocycles. The topological polar surface area (TPSA) is 113 Å². The first-order chi connectivity index (χ1) is 7.36. The van der Waals surface area contributed by atoms with Crippen LogP contribution in [0.1, 0.15) is 26.7 Å². The van der Waals surface area contributed by atoms with Gasteiger partial charge in [-0.15, -0.1) is 0 Å². The van der Waals surface area contributed by atoms with Gasteiger partial charge in [0.15, 0.2) is 0 Å². The Labute approximate surface area is 94.8 Å². The Morgan fingerprint density at radius 2 is 1.94 bits per heavy atom. The first kappa shape index (κ1) is 14.9. The van der Waals surface area contributed by atoms with Crippen molar-refractivity contribution in [2.75, 3.05) is 6.54 Å². The molecule has 0 radical (unpaired) electrons. The molecule has 1 saturated heterocycles. The maximum absolute atomic E-state index is 10.1. The fourth-order valence-corrected chi connectivity index (χ4v) is 1.18. The molecule has 2 atom stereocenters. The van der Waals surface area contributed by atoms with E-state index in [0.29, 0.717) is 0 Å².